The van der Waals surface area contributed by atoms with E-state index in [0.717, 1.165) is 22.9 Å². The topological polar surface area (TPSA) is 70.1 Å². The van der Waals surface area contributed by atoms with Crippen LogP contribution in [0.5, 0.6) is 0 Å². The zero-order chi connectivity index (χ0) is 14.9. The minimum absolute atomic E-state index is 0.540. The quantitative estimate of drug-likeness (QED) is 0.917. The molecule has 0 amide bonds. The first-order chi connectivity index (χ1) is 10.8. The van der Waals surface area contributed by atoms with Crippen molar-refractivity contribution in [1.82, 2.24) is 4.98 Å². The number of anilines is 2. The van der Waals surface area contributed by atoms with Gasteiger partial charge in [0.05, 0.1) is 11.8 Å². The second-order valence-electron chi connectivity index (χ2n) is 4.99. The summed E-state index contributed by atoms with van der Waals surface area (Å²) in [5.41, 5.74) is 8.16. The first kappa shape index (κ1) is 12.6. The van der Waals surface area contributed by atoms with Crippen LogP contribution in [0.15, 0.2) is 76.3 Å². The van der Waals surface area contributed by atoms with Crippen LogP contribution < -0.4 is 15.5 Å². The number of rotatable bonds is 2. The molecule has 0 unspecified atom stereocenters. The highest BCUT2D eigenvalue weighted by Crippen LogP contribution is 2.28. The molecular weight excluding hydrogens is 276 g/mol. The van der Waals surface area contributed by atoms with Gasteiger partial charge in [0.1, 0.15) is 18.3 Å². The van der Waals surface area contributed by atoms with Gasteiger partial charge in [-0.3, -0.25) is 4.90 Å². The van der Waals surface area contributed by atoms with Gasteiger partial charge in [-0.15, -0.1) is 5.10 Å². The summed E-state index contributed by atoms with van der Waals surface area (Å²) in [4.78, 5) is 8.45. The Hall–Kier alpha value is -3.15. The van der Waals surface area contributed by atoms with E-state index in [1.165, 1.54) is 0 Å². The Bertz CT molecular complexity index is 779. The molecule has 2 aromatic rings. The average molecular weight is 290 g/mol. The lowest BCUT2D eigenvalue weighted by Gasteiger charge is -2.37. The lowest BCUT2D eigenvalue weighted by Crippen LogP contribution is -2.49. The SMILES string of the molecule is NC1=C2C=NN=C2N(c2ccccn2)CN1c1ccccc1. The van der Waals surface area contributed by atoms with Crippen molar-refractivity contribution in [1.29, 1.82) is 0 Å². The predicted molar refractivity (Wildman–Crippen MR) is 87.6 cm³/mol. The van der Waals surface area contributed by atoms with Crippen molar-refractivity contribution >= 4 is 23.6 Å². The summed E-state index contributed by atoms with van der Waals surface area (Å²) in [5.74, 6) is 2.21. The lowest BCUT2D eigenvalue weighted by atomic mass is 10.1. The van der Waals surface area contributed by atoms with Gasteiger partial charge in [-0.1, -0.05) is 24.3 Å². The van der Waals surface area contributed by atoms with E-state index in [9.17, 15) is 0 Å². The van der Waals surface area contributed by atoms with E-state index in [0.29, 0.717) is 12.5 Å². The van der Waals surface area contributed by atoms with Crippen LogP contribution in [0.1, 0.15) is 0 Å². The van der Waals surface area contributed by atoms with Crippen LogP contribution in [0.25, 0.3) is 0 Å². The monoisotopic (exact) mass is 290 g/mol. The number of fused-ring (bicyclic) bond motifs is 1. The van der Waals surface area contributed by atoms with E-state index >= 15 is 0 Å². The molecule has 108 valence electrons. The molecule has 6 heteroatoms. The van der Waals surface area contributed by atoms with Crippen LogP contribution in [-0.2, 0) is 0 Å². The number of aromatic nitrogens is 1. The molecule has 0 spiro atoms. The van der Waals surface area contributed by atoms with Crippen molar-refractivity contribution < 1.29 is 0 Å². The first-order valence-electron chi connectivity index (χ1n) is 6.97. The van der Waals surface area contributed by atoms with Crippen LogP contribution in [0.2, 0.25) is 0 Å². The number of nitrogens with two attached hydrogens (primary N) is 1. The van der Waals surface area contributed by atoms with E-state index in [1.807, 2.05) is 58.3 Å². The molecule has 1 aromatic heterocycles. The van der Waals surface area contributed by atoms with Gasteiger partial charge in [0.25, 0.3) is 0 Å². The predicted octanol–water partition coefficient (Wildman–Crippen LogP) is 1.93. The average Bonchev–Trinajstić information content (AvgIpc) is 3.07. The Balaban J connectivity index is 1.81. The molecular formula is C16H14N6. The van der Waals surface area contributed by atoms with Crippen molar-refractivity contribution in [2.75, 3.05) is 16.5 Å². The highest BCUT2D eigenvalue weighted by Gasteiger charge is 2.32. The fourth-order valence-electron chi connectivity index (χ4n) is 2.59. The van der Waals surface area contributed by atoms with E-state index in [2.05, 4.69) is 15.2 Å². The molecule has 1 aromatic carbocycles. The van der Waals surface area contributed by atoms with E-state index in [1.54, 1.807) is 12.4 Å². The minimum atomic E-state index is 0.540. The number of hydrogen-bond donors (Lipinski definition) is 1. The lowest BCUT2D eigenvalue weighted by molar-refractivity contribution is 0.852. The molecule has 2 N–H and O–H groups in total. The van der Waals surface area contributed by atoms with Crippen molar-refractivity contribution in [2.24, 2.45) is 15.9 Å². The minimum Gasteiger partial charge on any atom is -0.384 e. The Morgan fingerprint density at radius 3 is 2.55 bits per heavy atom. The second-order valence-corrected chi connectivity index (χ2v) is 4.99. The fraction of sp³-hybridized carbons (Fsp3) is 0.0625. The Morgan fingerprint density at radius 2 is 1.77 bits per heavy atom. The van der Waals surface area contributed by atoms with Crippen LogP contribution in [0.3, 0.4) is 0 Å². The zero-order valence-corrected chi connectivity index (χ0v) is 11.8. The third-order valence-corrected chi connectivity index (χ3v) is 3.68. The summed E-state index contributed by atoms with van der Waals surface area (Å²) in [5, 5.41) is 8.21. The number of hydrogen-bond acceptors (Lipinski definition) is 6. The third kappa shape index (κ3) is 1.93. The summed E-state index contributed by atoms with van der Waals surface area (Å²) in [6, 6.07) is 15.8. The highest BCUT2D eigenvalue weighted by molar-refractivity contribution is 6.25. The summed E-state index contributed by atoms with van der Waals surface area (Å²) in [6.45, 7) is 0.540. The van der Waals surface area contributed by atoms with E-state index < -0.39 is 0 Å². The molecule has 0 saturated carbocycles. The first-order valence-corrected chi connectivity index (χ1v) is 6.97. The van der Waals surface area contributed by atoms with Crippen molar-refractivity contribution in [3.8, 4) is 0 Å². The number of para-hydroxylation sites is 1. The molecule has 0 aliphatic carbocycles. The largest absolute Gasteiger partial charge is 0.384 e. The molecule has 6 nitrogen and oxygen atoms in total. The summed E-state index contributed by atoms with van der Waals surface area (Å²) in [7, 11) is 0. The summed E-state index contributed by atoms with van der Waals surface area (Å²) in [6.07, 6.45) is 3.45. The van der Waals surface area contributed by atoms with Crippen LogP contribution in [0, 0.1) is 0 Å². The van der Waals surface area contributed by atoms with Crippen molar-refractivity contribution in [3.63, 3.8) is 0 Å². The fourth-order valence-corrected chi connectivity index (χ4v) is 2.59. The van der Waals surface area contributed by atoms with Gasteiger partial charge in [-0.25, -0.2) is 4.98 Å². The van der Waals surface area contributed by atoms with Gasteiger partial charge >= 0.3 is 0 Å². The Kier molecular flexibility index (Phi) is 2.86. The van der Waals surface area contributed by atoms with Crippen LogP contribution >= 0.6 is 0 Å². The molecule has 0 saturated heterocycles. The van der Waals surface area contributed by atoms with Crippen molar-refractivity contribution in [2.45, 2.75) is 0 Å². The smallest absolute Gasteiger partial charge is 0.170 e. The molecule has 0 atom stereocenters. The molecule has 4 rings (SSSR count). The van der Waals surface area contributed by atoms with Crippen molar-refractivity contribution in [3.05, 3.63) is 66.1 Å². The molecule has 22 heavy (non-hydrogen) atoms. The zero-order valence-electron chi connectivity index (χ0n) is 11.8. The standard InChI is InChI=1S/C16H14N6/c17-15-13-10-19-20-16(13)22(14-8-4-5-9-18-14)11-21(15)12-6-2-1-3-7-12/h1-10H,11,17H2. The summed E-state index contributed by atoms with van der Waals surface area (Å²) >= 11 is 0. The molecule has 2 aliphatic rings. The summed E-state index contributed by atoms with van der Waals surface area (Å²) < 4.78 is 0. The van der Waals surface area contributed by atoms with Crippen LogP contribution in [0.4, 0.5) is 11.5 Å². The molecule has 3 heterocycles. The van der Waals surface area contributed by atoms with E-state index in [-0.39, 0.29) is 0 Å². The Morgan fingerprint density at radius 1 is 0.955 bits per heavy atom. The molecule has 0 fully saturated rings. The maximum atomic E-state index is 6.32. The van der Waals surface area contributed by atoms with E-state index in [4.69, 9.17) is 5.73 Å². The maximum Gasteiger partial charge on any atom is 0.170 e. The highest BCUT2D eigenvalue weighted by atomic mass is 15.4. The number of benzene rings is 1. The van der Waals surface area contributed by atoms with Crippen LogP contribution in [-0.4, -0.2) is 23.7 Å². The van der Waals surface area contributed by atoms with Gasteiger partial charge in [0.15, 0.2) is 5.84 Å². The van der Waals surface area contributed by atoms with Gasteiger partial charge in [0, 0.05) is 11.9 Å². The Labute approximate surface area is 127 Å². The van der Waals surface area contributed by atoms with Gasteiger partial charge in [-0.05, 0) is 24.3 Å². The normalized spacial score (nSPS) is 16.8. The van der Waals surface area contributed by atoms with Gasteiger partial charge in [-0.2, -0.15) is 5.10 Å². The van der Waals surface area contributed by atoms with Gasteiger partial charge < -0.3 is 10.6 Å². The van der Waals surface area contributed by atoms with Gasteiger partial charge in [0.2, 0.25) is 0 Å². The second kappa shape index (κ2) is 5.00. The molecule has 2 aliphatic heterocycles. The third-order valence-electron chi connectivity index (χ3n) is 3.68. The number of nitrogens with zero attached hydrogens (tertiary/aromatic N) is 5. The number of amidine groups is 1. The molecule has 0 radical (unpaired) electrons. The molecule has 0 bridgehead atoms. The number of pyridine rings is 1. The maximum absolute atomic E-state index is 6.32.